The molecule has 36 heavy (non-hydrogen) atoms. The van der Waals surface area contributed by atoms with Crippen LogP contribution >= 0.6 is 0 Å². The lowest BCUT2D eigenvalue weighted by Crippen LogP contribution is -2.22. The number of hydrogen-bond donors (Lipinski definition) is 2. The van der Waals surface area contributed by atoms with E-state index in [1.807, 2.05) is 73.7 Å². The first-order valence-corrected chi connectivity index (χ1v) is 12.0. The summed E-state index contributed by atoms with van der Waals surface area (Å²) < 4.78 is 16.7. The summed E-state index contributed by atoms with van der Waals surface area (Å²) in [5.74, 6) is 1.95. The van der Waals surface area contributed by atoms with E-state index in [-0.39, 0.29) is 12.5 Å². The summed E-state index contributed by atoms with van der Waals surface area (Å²) in [6, 6.07) is 25.8. The zero-order valence-corrected chi connectivity index (χ0v) is 21.0. The fourth-order valence-electron chi connectivity index (χ4n) is 4.09. The van der Waals surface area contributed by atoms with Gasteiger partial charge in [0.25, 0.3) is 5.91 Å². The minimum Gasteiger partial charge on any atom is -0.493 e. The highest BCUT2D eigenvalue weighted by Crippen LogP contribution is 2.29. The van der Waals surface area contributed by atoms with Crippen molar-refractivity contribution in [2.75, 3.05) is 32.7 Å². The Morgan fingerprint density at radius 3 is 2.36 bits per heavy atom. The quantitative estimate of drug-likeness (QED) is 0.275. The molecule has 0 spiro atoms. The molecule has 4 aromatic rings. The van der Waals surface area contributed by atoms with Gasteiger partial charge in [-0.15, -0.1) is 0 Å². The second-order valence-electron chi connectivity index (χ2n) is 8.58. The van der Waals surface area contributed by atoms with Crippen molar-refractivity contribution in [1.29, 1.82) is 0 Å². The Balaban J connectivity index is 1.41. The summed E-state index contributed by atoms with van der Waals surface area (Å²) in [4.78, 5) is 12.5. The van der Waals surface area contributed by atoms with Gasteiger partial charge in [-0.25, -0.2) is 0 Å². The molecule has 4 rings (SSSR count). The van der Waals surface area contributed by atoms with Gasteiger partial charge in [0.1, 0.15) is 5.75 Å². The van der Waals surface area contributed by atoms with Crippen molar-refractivity contribution >= 4 is 22.4 Å². The Kier molecular flexibility index (Phi) is 8.42. The fraction of sp³-hybridized carbons (Fsp3) is 0.233. The number of carbonyl (C=O) groups is 1. The molecule has 6 heteroatoms. The molecule has 0 aromatic heterocycles. The Labute approximate surface area is 212 Å². The normalized spacial score (nSPS) is 10.8. The molecule has 0 heterocycles. The minimum atomic E-state index is -0.195. The van der Waals surface area contributed by atoms with E-state index in [2.05, 4.69) is 22.8 Å². The number of amides is 1. The van der Waals surface area contributed by atoms with E-state index >= 15 is 0 Å². The molecule has 0 atom stereocenters. The lowest BCUT2D eigenvalue weighted by atomic mass is 10.0. The third-order valence-electron chi connectivity index (χ3n) is 6.03. The van der Waals surface area contributed by atoms with Crippen molar-refractivity contribution in [1.82, 2.24) is 5.32 Å². The molecular formula is C30H32N2O4. The summed E-state index contributed by atoms with van der Waals surface area (Å²) >= 11 is 0. The third kappa shape index (κ3) is 6.34. The van der Waals surface area contributed by atoms with Gasteiger partial charge in [0, 0.05) is 17.8 Å². The molecule has 0 aliphatic rings. The zero-order chi connectivity index (χ0) is 25.3. The summed E-state index contributed by atoms with van der Waals surface area (Å²) in [5, 5.41) is 8.65. The molecule has 0 unspecified atom stereocenters. The first-order valence-electron chi connectivity index (χ1n) is 12.0. The second-order valence-corrected chi connectivity index (χ2v) is 8.58. The summed E-state index contributed by atoms with van der Waals surface area (Å²) in [5.41, 5.74) is 4.08. The number of fused-ring (bicyclic) bond motifs is 1. The molecular weight excluding hydrogens is 452 g/mol. The molecule has 0 saturated heterocycles. The molecule has 4 aromatic carbocycles. The summed E-state index contributed by atoms with van der Waals surface area (Å²) in [6.07, 6.45) is 0.834. The van der Waals surface area contributed by atoms with Crippen LogP contribution in [0.25, 0.3) is 10.8 Å². The number of carbonyl (C=O) groups excluding carboxylic acids is 1. The number of aryl methyl sites for hydroxylation is 1. The van der Waals surface area contributed by atoms with Crippen molar-refractivity contribution in [3.63, 3.8) is 0 Å². The Hall–Kier alpha value is -4.03. The average molecular weight is 485 g/mol. The van der Waals surface area contributed by atoms with Gasteiger partial charge in [0.05, 0.1) is 14.2 Å². The highest BCUT2D eigenvalue weighted by molar-refractivity contribution is 5.92. The van der Waals surface area contributed by atoms with Crippen molar-refractivity contribution in [2.24, 2.45) is 0 Å². The van der Waals surface area contributed by atoms with Crippen LogP contribution < -0.4 is 24.8 Å². The molecule has 1 amide bonds. The van der Waals surface area contributed by atoms with Crippen molar-refractivity contribution < 1.29 is 19.0 Å². The SMILES string of the molecule is COc1ccc(CCNCc2c(OCC(=O)Nc3ccc(C)cc3)ccc3ccccc23)cc1OC. The number of methoxy groups -OCH3 is 2. The van der Waals surface area contributed by atoms with Gasteiger partial charge in [0.2, 0.25) is 0 Å². The van der Waals surface area contributed by atoms with Crippen LogP contribution in [0.3, 0.4) is 0 Å². The molecule has 6 nitrogen and oxygen atoms in total. The first kappa shape index (κ1) is 25.1. The van der Waals surface area contributed by atoms with E-state index in [1.165, 1.54) is 0 Å². The van der Waals surface area contributed by atoms with Gasteiger partial charge < -0.3 is 24.8 Å². The van der Waals surface area contributed by atoms with E-state index in [4.69, 9.17) is 14.2 Å². The van der Waals surface area contributed by atoms with Crippen molar-refractivity contribution in [3.05, 3.63) is 95.6 Å². The maximum Gasteiger partial charge on any atom is 0.262 e. The standard InChI is InChI=1S/C30H32N2O4/c1-21-8-12-24(13-9-21)32-30(33)20-36-27-15-11-23-6-4-5-7-25(23)26(27)19-31-17-16-22-10-14-28(34-2)29(18-22)35-3/h4-15,18,31H,16-17,19-20H2,1-3H3,(H,32,33). The monoisotopic (exact) mass is 484 g/mol. The lowest BCUT2D eigenvalue weighted by molar-refractivity contribution is -0.118. The number of hydrogen-bond acceptors (Lipinski definition) is 5. The number of ether oxygens (including phenoxy) is 3. The maximum absolute atomic E-state index is 12.5. The highest BCUT2D eigenvalue weighted by atomic mass is 16.5. The number of anilines is 1. The molecule has 0 fully saturated rings. The molecule has 186 valence electrons. The molecule has 0 bridgehead atoms. The topological polar surface area (TPSA) is 68.8 Å². The number of rotatable bonds is 11. The van der Waals surface area contributed by atoms with Crippen molar-refractivity contribution in [3.8, 4) is 17.2 Å². The maximum atomic E-state index is 12.5. The van der Waals surface area contributed by atoms with Crippen molar-refractivity contribution in [2.45, 2.75) is 19.9 Å². The zero-order valence-electron chi connectivity index (χ0n) is 21.0. The third-order valence-corrected chi connectivity index (χ3v) is 6.03. The van der Waals surface area contributed by atoms with Crippen LogP contribution in [-0.4, -0.2) is 33.3 Å². The average Bonchev–Trinajstić information content (AvgIpc) is 2.91. The van der Waals surface area contributed by atoms with Gasteiger partial charge in [-0.2, -0.15) is 0 Å². The van der Waals surface area contributed by atoms with Crippen LogP contribution in [-0.2, 0) is 17.8 Å². The highest BCUT2D eigenvalue weighted by Gasteiger charge is 2.12. The van der Waals surface area contributed by atoms with Gasteiger partial charge in [-0.3, -0.25) is 4.79 Å². The van der Waals surface area contributed by atoms with Gasteiger partial charge in [-0.05, 0) is 66.6 Å². The molecule has 0 radical (unpaired) electrons. The predicted octanol–water partition coefficient (Wildman–Crippen LogP) is 5.52. The molecule has 0 aliphatic heterocycles. The van der Waals surface area contributed by atoms with Crippen LogP contribution in [0.15, 0.2) is 78.9 Å². The summed E-state index contributed by atoms with van der Waals surface area (Å²) in [6.45, 7) is 3.33. The molecule has 2 N–H and O–H groups in total. The van der Waals surface area contributed by atoms with Gasteiger partial charge in [-0.1, -0.05) is 54.1 Å². The van der Waals surface area contributed by atoms with Gasteiger partial charge in [0.15, 0.2) is 18.1 Å². The lowest BCUT2D eigenvalue weighted by Gasteiger charge is -2.15. The van der Waals surface area contributed by atoms with Crippen LogP contribution in [0.5, 0.6) is 17.2 Å². The van der Waals surface area contributed by atoms with E-state index in [0.29, 0.717) is 12.3 Å². The van der Waals surface area contributed by atoms with E-state index in [1.54, 1.807) is 14.2 Å². The van der Waals surface area contributed by atoms with Crippen LogP contribution in [0.2, 0.25) is 0 Å². The van der Waals surface area contributed by atoms with Crippen LogP contribution in [0.4, 0.5) is 5.69 Å². The van der Waals surface area contributed by atoms with Gasteiger partial charge >= 0.3 is 0 Å². The molecule has 0 aliphatic carbocycles. The summed E-state index contributed by atoms with van der Waals surface area (Å²) in [7, 11) is 3.28. The number of benzene rings is 4. The minimum absolute atomic E-state index is 0.0646. The largest absolute Gasteiger partial charge is 0.493 e. The first-order chi connectivity index (χ1) is 17.6. The predicted molar refractivity (Wildman–Crippen MR) is 144 cm³/mol. The second kappa shape index (κ2) is 12.1. The Bertz CT molecular complexity index is 1320. The van der Waals surface area contributed by atoms with Crippen LogP contribution in [0.1, 0.15) is 16.7 Å². The van der Waals surface area contributed by atoms with E-state index in [9.17, 15) is 4.79 Å². The van der Waals surface area contributed by atoms with E-state index in [0.717, 1.165) is 57.6 Å². The number of nitrogens with one attached hydrogen (secondary N) is 2. The fourth-order valence-corrected chi connectivity index (χ4v) is 4.09. The smallest absolute Gasteiger partial charge is 0.262 e. The van der Waals surface area contributed by atoms with E-state index < -0.39 is 0 Å². The molecule has 0 saturated carbocycles. The Morgan fingerprint density at radius 2 is 1.58 bits per heavy atom. The Morgan fingerprint density at radius 1 is 0.833 bits per heavy atom. The van der Waals surface area contributed by atoms with Crippen LogP contribution in [0, 0.1) is 6.92 Å².